The zero-order valence-electron chi connectivity index (χ0n) is 16.3. The Morgan fingerprint density at radius 2 is 2.17 bits per heavy atom. The van der Waals surface area contributed by atoms with Gasteiger partial charge in [0.05, 0.1) is 5.69 Å². The lowest BCUT2D eigenvalue weighted by atomic mass is 9.93. The SMILES string of the molecule is C[C@@]1(c2ccc3c(N)ncnn23)O[C@H](COC(=O)CC2CCNCC2)[C@@H](O)[C@H]1O. The predicted molar refractivity (Wildman–Crippen MR) is 103 cm³/mol. The number of rotatable bonds is 5. The van der Waals surface area contributed by atoms with Crippen molar-refractivity contribution in [3.8, 4) is 0 Å². The number of aliphatic hydroxyl groups is 2. The van der Waals surface area contributed by atoms with Crippen LogP contribution >= 0.6 is 0 Å². The maximum atomic E-state index is 12.2. The Morgan fingerprint density at radius 3 is 2.93 bits per heavy atom. The number of fused-ring (bicyclic) bond motifs is 1. The van der Waals surface area contributed by atoms with Gasteiger partial charge in [-0.05, 0) is 50.9 Å². The molecule has 0 spiro atoms. The lowest BCUT2D eigenvalue weighted by molar-refractivity contribution is -0.153. The number of ether oxygens (including phenoxy) is 2. The molecule has 2 fully saturated rings. The summed E-state index contributed by atoms with van der Waals surface area (Å²) in [5, 5.41) is 28.7. The van der Waals surface area contributed by atoms with Crippen molar-refractivity contribution in [1.82, 2.24) is 19.9 Å². The van der Waals surface area contributed by atoms with Crippen LogP contribution in [0.3, 0.4) is 0 Å². The average Bonchev–Trinajstić information content (AvgIpc) is 3.24. The van der Waals surface area contributed by atoms with Crippen molar-refractivity contribution >= 4 is 17.3 Å². The van der Waals surface area contributed by atoms with E-state index in [2.05, 4.69) is 15.4 Å². The van der Waals surface area contributed by atoms with Crippen molar-refractivity contribution in [1.29, 1.82) is 0 Å². The van der Waals surface area contributed by atoms with Gasteiger partial charge in [0.15, 0.2) is 5.82 Å². The first kappa shape index (κ1) is 20.0. The molecule has 0 unspecified atom stereocenters. The van der Waals surface area contributed by atoms with E-state index in [1.807, 2.05) is 0 Å². The van der Waals surface area contributed by atoms with Crippen LogP contribution in [0.4, 0.5) is 5.82 Å². The zero-order valence-corrected chi connectivity index (χ0v) is 16.3. The Hall–Kier alpha value is -2.27. The molecule has 0 bridgehead atoms. The summed E-state index contributed by atoms with van der Waals surface area (Å²) in [6.07, 6.45) is 0.260. The second kappa shape index (κ2) is 7.86. The van der Waals surface area contributed by atoms with Gasteiger partial charge in [-0.3, -0.25) is 4.79 Å². The van der Waals surface area contributed by atoms with Gasteiger partial charge in [0, 0.05) is 6.42 Å². The summed E-state index contributed by atoms with van der Waals surface area (Å²) in [6.45, 7) is 3.36. The summed E-state index contributed by atoms with van der Waals surface area (Å²) in [5.41, 5.74) is 5.72. The molecule has 158 valence electrons. The number of hydrogen-bond acceptors (Lipinski definition) is 9. The number of aliphatic hydroxyl groups excluding tert-OH is 2. The van der Waals surface area contributed by atoms with Crippen LogP contribution in [0.1, 0.15) is 31.9 Å². The van der Waals surface area contributed by atoms with E-state index in [0.29, 0.717) is 29.4 Å². The van der Waals surface area contributed by atoms with E-state index >= 15 is 0 Å². The Kier molecular flexibility index (Phi) is 5.43. The number of carbonyl (C=O) groups excluding carboxylic acids is 1. The summed E-state index contributed by atoms with van der Waals surface area (Å²) in [7, 11) is 0. The van der Waals surface area contributed by atoms with Crippen molar-refractivity contribution < 1.29 is 24.5 Å². The highest BCUT2D eigenvalue weighted by atomic mass is 16.6. The van der Waals surface area contributed by atoms with E-state index in [1.165, 1.54) is 10.8 Å². The molecule has 10 heteroatoms. The van der Waals surface area contributed by atoms with E-state index in [0.717, 1.165) is 25.9 Å². The van der Waals surface area contributed by atoms with Gasteiger partial charge >= 0.3 is 5.97 Å². The standard InChI is InChI=1S/C19H27N5O5/c1-19(14-3-2-12-18(20)22-10-23-24(12)14)17(27)16(26)13(29-19)9-28-15(25)8-11-4-6-21-7-5-11/h2-3,10-11,13,16-17,21,26-27H,4-9H2,1H3,(H2,20,22,23)/t13-,16-,17-,19+/m1/s1. The van der Waals surface area contributed by atoms with Gasteiger partial charge < -0.3 is 30.7 Å². The first-order valence-electron chi connectivity index (χ1n) is 9.89. The fourth-order valence-corrected chi connectivity index (χ4v) is 4.21. The molecule has 4 rings (SSSR count). The van der Waals surface area contributed by atoms with Crippen LogP contribution in [0.2, 0.25) is 0 Å². The summed E-state index contributed by atoms with van der Waals surface area (Å²) in [5.74, 6) is 0.293. The lowest BCUT2D eigenvalue weighted by Gasteiger charge is -2.27. The van der Waals surface area contributed by atoms with Gasteiger partial charge in [-0.2, -0.15) is 5.10 Å². The van der Waals surface area contributed by atoms with Crippen LogP contribution in [-0.4, -0.2) is 68.8 Å². The lowest BCUT2D eigenvalue weighted by Crippen LogP contribution is -2.39. The minimum Gasteiger partial charge on any atom is -0.463 e. The number of nitrogens with one attached hydrogen (secondary N) is 1. The van der Waals surface area contributed by atoms with Crippen LogP contribution in [0, 0.1) is 5.92 Å². The number of piperidine rings is 1. The fraction of sp³-hybridized carbons (Fsp3) is 0.632. The van der Waals surface area contributed by atoms with Crippen LogP contribution in [0.5, 0.6) is 0 Å². The minimum atomic E-state index is -1.25. The van der Waals surface area contributed by atoms with Crippen LogP contribution in [-0.2, 0) is 19.9 Å². The monoisotopic (exact) mass is 405 g/mol. The van der Waals surface area contributed by atoms with Crippen molar-refractivity contribution in [2.75, 3.05) is 25.4 Å². The van der Waals surface area contributed by atoms with E-state index in [9.17, 15) is 15.0 Å². The fourth-order valence-electron chi connectivity index (χ4n) is 4.21. The molecule has 2 aliphatic heterocycles. The molecule has 29 heavy (non-hydrogen) atoms. The van der Waals surface area contributed by atoms with Crippen LogP contribution in [0.15, 0.2) is 18.5 Å². The molecule has 2 saturated heterocycles. The maximum Gasteiger partial charge on any atom is 0.306 e. The molecule has 4 atom stereocenters. The highest BCUT2D eigenvalue weighted by Gasteiger charge is 2.54. The number of aromatic nitrogens is 3. The molecule has 0 saturated carbocycles. The Balaban J connectivity index is 1.44. The summed E-state index contributed by atoms with van der Waals surface area (Å²) >= 11 is 0. The van der Waals surface area contributed by atoms with Crippen molar-refractivity contribution in [2.24, 2.45) is 5.92 Å². The third-order valence-electron chi connectivity index (χ3n) is 5.98. The molecular formula is C19H27N5O5. The first-order valence-corrected chi connectivity index (χ1v) is 9.89. The number of hydrogen-bond donors (Lipinski definition) is 4. The predicted octanol–water partition coefficient (Wildman–Crippen LogP) is -0.420. The van der Waals surface area contributed by atoms with Crippen molar-refractivity contribution in [3.05, 3.63) is 24.2 Å². The molecule has 0 amide bonds. The molecular weight excluding hydrogens is 378 g/mol. The van der Waals surface area contributed by atoms with Gasteiger partial charge in [-0.25, -0.2) is 9.50 Å². The second-order valence-corrected chi connectivity index (χ2v) is 7.94. The quantitative estimate of drug-likeness (QED) is 0.487. The first-order chi connectivity index (χ1) is 13.9. The minimum absolute atomic E-state index is 0.127. The molecule has 0 radical (unpaired) electrons. The number of nitrogen functional groups attached to an aromatic ring is 1. The van der Waals surface area contributed by atoms with Gasteiger partial charge in [0.1, 0.15) is 42.4 Å². The largest absolute Gasteiger partial charge is 0.463 e. The topological polar surface area (TPSA) is 144 Å². The van der Waals surface area contributed by atoms with Gasteiger partial charge in [-0.1, -0.05) is 0 Å². The molecule has 0 aromatic carbocycles. The molecule has 2 aromatic heterocycles. The third kappa shape index (κ3) is 3.68. The number of esters is 1. The molecule has 2 aromatic rings. The highest BCUT2D eigenvalue weighted by molar-refractivity contribution is 5.69. The van der Waals surface area contributed by atoms with Crippen LogP contribution in [0.25, 0.3) is 5.52 Å². The van der Waals surface area contributed by atoms with Crippen molar-refractivity contribution in [3.63, 3.8) is 0 Å². The Bertz CT molecular complexity index is 883. The van der Waals surface area contributed by atoms with Gasteiger partial charge in [0.25, 0.3) is 0 Å². The Morgan fingerprint density at radius 1 is 1.41 bits per heavy atom. The number of nitrogens with two attached hydrogens (primary N) is 1. The average molecular weight is 405 g/mol. The molecule has 5 N–H and O–H groups in total. The normalized spacial score (nSPS) is 30.7. The van der Waals surface area contributed by atoms with Gasteiger partial charge in [-0.15, -0.1) is 0 Å². The number of anilines is 1. The third-order valence-corrected chi connectivity index (χ3v) is 5.98. The number of nitrogens with zero attached hydrogens (tertiary/aromatic N) is 3. The van der Waals surface area contributed by atoms with Gasteiger partial charge in [0.2, 0.25) is 0 Å². The smallest absolute Gasteiger partial charge is 0.306 e. The van der Waals surface area contributed by atoms with Crippen LogP contribution < -0.4 is 11.1 Å². The summed E-state index contributed by atoms with van der Waals surface area (Å²) in [6, 6.07) is 3.45. The molecule has 0 aliphatic carbocycles. The number of carbonyl (C=O) groups is 1. The van der Waals surface area contributed by atoms with E-state index in [1.54, 1.807) is 19.1 Å². The van der Waals surface area contributed by atoms with E-state index in [4.69, 9.17) is 15.2 Å². The van der Waals surface area contributed by atoms with E-state index in [-0.39, 0.29) is 12.6 Å². The van der Waals surface area contributed by atoms with E-state index < -0.39 is 23.9 Å². The molecule has 4 heterocycles. The summed E-state index contributed by atoms with van der Waals surface area (Å²) < 4.78 is 12.9. The second-order valence-electron chi connectivity index (χ2n) is 7.94. The Labute approximate surface area is 168 Å². The highest BCUT2D eigenvalue weighted by Crippen LogP contribution is 2.40. The zero-order chi connectivity index (χ0) is 20.6. The van der Waals surface area contributed by atoms with Crippen molar-refractivity contribution in [2.45, 2.75) is 50.1 Å². The molecule has 10 nitrogen and oxygen atoms in total. The summed E-state index contributed by atoms with van der Waals surface area (Å²) in [4.78, 5) is 16.1. The molecule has 2 aliphatic rings. The maximum absolute atomic E-state index is 12.2.